The Morgan fingerprint density at radius 1 is 1.20 bits per heavy atom. The fraction of sp³-hybridized carbons (Fsp3) is 0.133. The summed E-state index contributed by atoms with van der Waals surface area (Å²) in [6.07, 6.45) is 1.77. The Balaban J connectivity index is 2.03. The number of hydrogen-bond acceptors (Lipinski definition) is 3. The summed E-state index contributed by atoms with van der Waals surface area (Å²) < 4.78 is 2.00. The minimum atomic E-state index is -0.342. The second-order valence-electron chi connectivity index (χ2n) is 4.68. The first-order chi connectivity index (χ1) is 9.66. The minimum Gasteiger partial charge on any atom is -0.326 e. The zero-order chi connectivity index (χ0) is 14.1. The molecule has 0 amide bonds. The highest BCUT2D eigenvalue weighted by molar-refractivity contribution is 5.75. The third kappa shape index (κ3) is 2.03. The highest BCUT2D eigenvalue weighted by atomic mass is 16.6. The van der Waals surface area contributed by atoms with E-state index >= 15 is 0 Å². The van der Waals surface area contributed by atoms with Crippen LogP contribution in [0.25, 0.3) is 11.0 Å². The van der Waals surface area contributed by atoms with Crippen molar-refractivity contribution in [3.05, 3.63) is 70.0 Å². The number of benzene rings is 2. The van der Waals surface area contributed by atoms with Crippen LogP contribution in [0.3, 0.4) is 0 Å². The second kappa shape index (κ2) is 4.77. The molecule has 0 aliphatic carbocycles. The van der Waals surface area contributed by atoms with Crippen molar-refractivity contribution in [1.29, 1.82) is 0 Å². The average molecular weight is 267 g/mol. The maximum atomic E-state index is 11.0. The van der Waals surface area contributed by atoms with Crippen LogP contribution in [0.1, 0.15) is 11.1 Å². The van der Waals surface area contributed by atoms with Gasteiger partial charge in [0.15, 0.2) is 0 Å². The fourth-order valence-corrected chi connectivity index (χ4v) is 2.36. The Kier molecular flexibility index (Phi) is 2.95. The van der Waals surface area contributed by atoms with Gasteiger partial charge in [-0.2, -0.15) is 0 Å². The van der Waals surface area contributed by atoms with Crippen molar-refractivity contribution in [3.63, 3.8) is 0 Å². The van der Waals surface area contributed by atoms with Crippen molar-refractivity contribution < 1.29 is 4.92 Å². The molecule has 5 nitrogen and oxygen atoms in total. The SMILES string of the molecule is Cc1c(Cn2cnc3ccccc32)cccc1[N+](=O)[O-]. The van der Waals surface area contributed by atoms with E-state index in [4.69, 9.17) is 0 Å². The number of hydrogen-bond donors (Lipinski definition) is 0. The van der Waals surface area contributed by atoms with E-state index in [2.05, 4.69) is 4.98 Å². The molecular formula is C15H13N3O2. The predicted molar refractivity (Wildman–Crippen MR) is 76.7 cm³/mol. The zero-order valence-electron chi connectivity index (χ0n) is 11.0. The van der Waals surface area contributed by atoms with Crippen LogP contribution in [0.4, 0.5) is 5.69 Å². The van der Waals surface area contributed by atoms with E-state index in [1.165, 1.54) is 6.07 Å². The van der Waals surface area contributed by atoms with Gasteiger partial charge in [-0.1, -0.05) is 24.3 Å². The molecule has 0 aliphatic rings. The summed E-state index contributed by atoms with van der Waals surface area (Å²) in [5, 5.41) is 11.0. The molecule has 0 spiro atoms. The highest BCUT2D eigenvalue weighted by Crippen LogP contribution is 2.23. The molecule has 0 saturated carbocycles. The van der Waals surface area contributed by atoms with Gasteiger partial charge in [-0.25, -0.2) is 4.98 Å². The largest absolute Gasteiger partial charge is 0.326 e. The maximum absolute atomic E-state index is 11.0. The van der Waals surface area contributed by atoms with Gasteiger partial charge < -0.3 is 4.57 Å². The van der Waals surface area contributed by atoms with Crippen LogP contribution in [0.15, 0.2) is 48.8 Å². The van der Waals surface area contributed by atoms with Crippen molar-refractivity contribution in [2.75, 3.05) is 0 Å². The van der Waals surface area contributed by atoms with E-state index < -0.39 is 0 Å². The zero-order valence-corrected chi connectivity index (χ0v) is 11.0. The monoisotopic (exact) mass is 267 g/mol. The van der Waals surface area contributed by atoms with E-state index in [0.717, 1.165) is 16.6 Å². The number of imidazole rings is 1. The Labute approximate surface area is 115 Å². The van der Waals surface area contributed by atoms with Crippen LogP contribution in [0.2, 0.25) is 0 Å². The molecule has 100 valence electrons. The van der Waals surface area contributed by atoms with E-state index in [0.29, 0.717) is 12.1 Å². The topological polar surface area (TPSA) is 61.0 Å². The lowest BCUT2D eigenvalue weighted by molar-refractivity contribution is -0.385. The molecule has 0 atom stereocenters. The number of nitro benzene ring substituents is 1. The van der Waals surface area contributed by atoms with Gasteiger partial charge in [0.2, 0.25) is 0 Å². The summed E-state index contributed by atoms with van der Waals surface area (Å²) in [4.78, 5) is 15.0. The molecule has 2 aromatic carbocycles. The van der Waals surface area contributed by atoms with Crippen molar-refractivity contribution >= 4 is 16.7 Å². The van der Waals surface area contributed by atoms with Gasteiger partial charge in [-0.05, 0) is 24.6 Å². The molecule has 0 radical (unpaired) electrons. The summed E-state index contributed by atoms with van der Waals surface area (Å²) in [7, 11) is 0. The van der Waals surface area contributed by atoms with Crippen LogP contribution in [0.5, 0.6) is 0 Å². The number of rotatable bonds is 3. The Hall–Kier alpha value is -2.69. The molecule has 0 bridgehead atoms. The Morgan fingerprint density at radius 2 is 2.00 bits per heavy atom. The number of para-hydroxylation sites is 2. The molecule has 3 rings (SSSR count). The van der Waals surface area contributed by atoms with Crippen LogP contribution < -0.4 is 0 Å². The average Bonchev–Trinajstić information content (AvgIpc) is 2.84. The lowest BCUT2D eigenvalue weighted by Gasteiger charge is -2.08. The standard InChI is InChI=1S/C15H13N3O2/c1-11-12(5-4-8-14(11)18(19)20)9-17-10-16-13-6-2-3-7-15(13)17/h2-8,10H,9H2,1H3. The maximum Gasteiger partial charge on any atom is 0.272 e. The Bertz CT molecular complexity index is 793. The molecule has 0 aliphatic heterocycles. The molecule has 0 unspecified atom stereocenters. The van der Waals surface area contributed by atoms with E-state index in [-0.39, 0.29) is 10.6 Å². The summed E-state index contributed by atoms with van der Waals surface area (Å²) in [6.45, 7) is 2.36. The van der Waals surface area contributed by atoms with Gasteiger partial charge in [-0.15, -0.1) is 0 Å². The summed E-state index contributed by atoms with van der Waals surface area (Å²) in [5.74, 6) is 0. The lowest BCUT2D eigenvalue weighted by atomic mass is 10.1. The molecule has 0 saturated heterocycles. The second-order valence-corrected chi connectivity index (χ2v) is 4.68. The van der Waals surface area contributed by atoms with E-state index in [9.17, 15) is 10.1 Å². The fourth-order valence-electron chi connectivity index (χ4n) is 2.36. The number of nitro groups is 1. The van der Waals surface area contributed by atoms with Gasteiger partial charge in [0.25, 0.3) is 5.69 Å². The molecule has 0 N–H and O–H groups in total. The van der Waals surface area contributed by atoms with Crippen LogP contribution in [-0.2, 0) is 6.54 Å². The molecule has 3 aromatic rings. The minimum absolute atomic E-state index is 0.159. The molecule has 0 fully saturated rings. The van der Waals surface area contributed by atoms with Crippen molar-refractivity contribution in [1.82, 2.24) is 9.55 Å². The van der Waals surface area contributed by atoms with Crippen molar-refractivity contribution in [3.8, 4) is 0 Å². The Morgan fingerprint density at radius 3 is 2.80 bits per heavy atom. The molecule has 5 heteroatoms. The van der Waals surface area contributed by atoms with Crippen molar-refractivity contribution in [2.45, 2.75) is 13.5 Å². The third-order valence-electron chi connectivity index (χ3n) is 3.48. The summed E-state index contributed by atoms with van der Waals surface area (Å²) in [6, 6.07) is 13.0. The highest BCUT2D eigenvalue weighted by Gasteiger charge is 2.13. The predicted octanol–water partition coefficient (Wildman–Crippen LogP) is 3.30. The molecule has 1 heterocycles. The van der Waals surface area contributed by atoms with Crippen LogP contribution >= 0.6 is 0 Å². The number of nitrogens with zero attached hydrogens (tertiary/aromatic N) is 3. The third-order valence-corrected chi connectivity index (χ3v) is 3.48. The first-order valence-electron chi connectivity index (χ1n) is 6.29. The smallest absolute Gasteiger partial charge is 0.272 e. The first-order valence-corrected chi connectivity index (χ1v) is 6.29. The van der Waals surface area contributed by atoms with Crippen LogP contribution in [-0.4, -0.2) is 14.5 Å². The van der Waals surface area contributed by atoms with Crippen molar-refractivity contribution in [2.24, 2.45) is 0 Å². The number of fused-ring (bicyclic) bond motifs is 1. The van der Waals surface area contributed by atoms with Gasteiger partial charge in [0.05, 0.1) is 22.3 Å². The lowest BCUT2D eigenvalue weighted by Crippen LogP contribution is -2.02. The first kappa shape index (κ1) is 12.3. The normalized spacial score (nSPS) is 10.8. The van der Waals surface area contributed by atoms with Gasteiger partial charge in [0, 0.05) is 18.2 Å². The number of aromatic nitrogens is 2. The molecule has 20 heavy (non-hydrogen) atoms. The van der Waals surface area contributed by atoms with Gasteiger partial charge in [0.1, 0.15) is 0 Å². The molecular weight excluding hydrogens is 254 g/mol. The molecule has 1 aromatic heterocycles. The summed E-state index contributed by atoms with van der Waals surface area (Å²) >= 11 is 0. The quantitative estimate of drug-likeness (QED) is 0.540. The summed E-state index contributed by atoms with van der Waals surface area (Å²) in [5.41, 5.74) is 3.75. The van der Waals surface area contributed by atoms with E-state index in [1.807, 2.05) is 34.9 Å². The van der Waals surface area contributed by atoms with Gasteiger partial charge >= 0.3 is 0 Å². The van der Waals surface area contributed by atoms with E-state index in [1.54, 1.807) is 19.3 Å². The van der Waals surface area contributed by atoms with Gasteiger partial charge in [-0.3, -0.25) is 10.1 Å². The van der Waals surface area contributed by atoms with Crippen LogP contribution in [0, 0.1) is 17.0 Å².